The Labute approximate surface area is 166 Å². The van der Waals surface area contributed by atoms with Gasteiger partial charge in [0.1, 0.15) is 0 Å². The van der Waals surface area contributed by atoms with E-state index >= 15 is 0 Å². The molecule has 0 bridgehead atoms. The summed E-state index contributed by atoms with van der Waals surface area (Å²) in [7, 11) is 0. The van der Waals surface area contributed by atoms with Crippen LogP contribution in [-0.4, -0.2) is 47.6 Å². The summed E-state index contributed by atoms with van der Waals surface area (Å²) in [6.45, 7) is 6.58. The lowest BCUT2D eigenvalue weighted by Gasteiger charge is -2.46. The van der Waals surface area contributed by atoms with Crippen LogP contribution in [0.4, 0.5) is 0 Å². The van der Waals surface area contributed by atoms with E-state index in [1.54, 1.807) is 5.48 Å². The molecule has 4 rings (SSSR count). The molecule has 1 aromatic carbocycles. The molecule has 3 fully saturated rings. The number of likely N-dealkylation sites (tertiary alicyclic amines) is 1. The van der Waals surface area contributed by atoms with Gasteiger partial charge in [0.05, 0.1) is 12.0 Å². The third kappa shape index (κ3) is 3.55. The highest BCUT2D eigenvalue weighted by Crippen LogP contribution is 2.53. The number of nitrogens with zero attached hydrogens (tertiary/aromatic N) is 1. The summed E-state index contributed by atoms with van der Waals surface area (Å²) >= 11 is 0. The van der Waals surface area contributed by atoms with E-state index in [1.807, 2.05) is 11.0 Å². The van der Waals surface area contributed by atoms with E-state index in [9.17, 15) is 14.8 Å². The fourth-order valence-electron chi connectivity index (χ4n) is 5.31. The molecule has 152 valence electrons. The van der Waals surface area contributed by atoms with Gasteiger partial charge in [0, 0.05) is 19.6 Å². The van der Waals surface area contributed by atoms with Crippen molar-refractivity contribution in [1.82, 2.24) is 15.7 Å². The van der Waals surface area contributed by atoms with Gasteiger partial charge in [-0.15, -0.1) is 0 Å². The smallest absolute Gasteiger partial charge is 0.248 e. The lowest BCUT2D eigenvalue weighted by Crippen LogP contribution is -2.60. The normalized spacial score (nSPS) is 30.7. The van der Waals surface area contributed by atoms with E-state index < -0.39 is 17.9 Å². The van der Waals surface area contributed by atoms with Crippen LogP contribution in [0, 0.1) is 16.7 Å². The highest BCUT2D eigenvalue weighted by Gasteiger charge is 2.53. The Morgan fingerprint density at radius 2 is 1.93 bits per heavy atom. The zero-order valence-electron chi connectivity index (χ0n) is 16.8. The molecule has 3 atom stereocenters. The Bertz CT molecular complexity index is 745. The summed E-state index contributed by atoms with van der Waals surface area (Å²) < 4.78 is 0. The van der Waals surface area contributed by atoms with Crippen molar-refractivity contribution in [3.63, 3.8) is 0 Å². The zero-order valence-corrected chi connectivity index (χ0v) is 16.8. The minimum atomic E-state index is -0.553. The minimum Gasteiger partial charge on any atom is -0.341 e. The van der Waals surface area contributed by atoms with Crippen LogP contribution in [0.1, 0.15) is 51.0 Å². The number of piperidine rings is 2. The molecule has 2 aliphatic heterocycles. The molecule has 0 radical (unpaired) electrons. The Hall–Kier alpha value is -1.92. The number of amides is 2. The number of carbonyl (C=O) groups is 2. The van der Waals surface area contributed by atoms with Crippen molar-refractivity contribution in [2.24, 2.45) is 16.7 Å². The second-order valence-corrected chi connectivity index (χ2v) is 9.65. The lowest BCUT2D eigenvalue weighted by molar-refractivity contribution is -0.146. The van der Waals surface area contributed by atoms with Crippen LogP contribution in [0.2, 0.25) is 0 Å². The SMILES string of the molecule is CC1(C)CN(C(=O)[C@H]2NCC3(CC3)C[C@@H]2C(=O)NO)CCC1c1ccccc1. The first kappa shape index (κ1) is 19.4. The largest absolute Gasteiger partial charge is 0.341 e. The summed E-state index contributed by atoms with van der Waals surface area (Å²) in [5.41, 5.74) is 3.21. The third-order valence-electron chi connectivity index (χ3n) is 7.17. The lowest BCUT2D eigenvalue weighted by atomic mass is 9.70. The van der Waals surface area contributed by atoms with Gasteiger partial charge in [0.2, 0.25) is 11.8 Å². The molecular formula is C22H31N3O3. The van der Waals surface area contributed by atoms with Gasteiger partial charge < -0.3 is 10.2 Å². The zero-order chi connectivity index (χ0) is 19.9. The van der Waals surface area contributed by atoms with Crippen LogP contribution < -0.4 is 10.8 Å². The first-order chi connectivity index (χ1) is 13.4. The van der Waals surface area contributed by atoms with Crippen molar-refractivity contribution in [2.75, 3.05) is 19.6 Å². The third-order valence-corrected chi connectivity index (χ3v) is 7.17. The van der Waals surface area contributed by atoms with Crippen LogP contribution in [0.5, 0.6) is 0 Å². The highest BCUT2D eigenvalue weighted by molar-refractivity contribution is 5.90. The molecule has 1 aromatic rings. The first-order valence-electron chi connectivity index (χ1n) is 10.4. The summed E-state index contributed by atoms with van der Waals surface area (Å²) in [6.07, 6.45) is 3.76. The predicted octanol–water partition coefficient (Wildman–Crippen LogP) is 2.29. The number of carbonyl (C=O) groups excluding carboxylic acids is 2. The van der Waals surface area contributed by atoms with E-state index in [0.717, 1.165) is 25.8 Å². The molecule has 6 nitrogen and oxygen atoms in total. The molecule has 1 saturated carbocycles. The highest BCUT2D eigenvalue weighted by atomic mass is 16.5. The second kappa shape index (κ2) is 7.16. The van der Waals surface area contributed by atoms with Crippen LogP contribution >= 0.6 is 0 Å². The Balaban J connectivity index is 1.48. The molecule has 1 spiro atoms. The monoisotopic (exact) mass is 385 g/mol. The Morgan fingerprint density at radius 1 is 1.21 bits per heavy atom. The molecule has 3 aliphatic rings. The maximum Gasteiger partial charge on any atom is 0.248 e. The average Bonchev–Trinajstić information content (AvgIpc) is 3.45. The molecule has 0 aromatic heterocycles. The Kier molecular flexibility index (Phi) is 4.96. The van der Waals surface area contributed by atoms with Crippen molar-refractivity contribution in [1.29, 1.82) is 0 Å². The van der Waals surface area contributed by atoms with Crippen LogP contribution in [0.15, 0.2) is 30.3 Å². The van der Waals surface area contributed by atoms with E-state index in [2.05, 4.69) is 43.4 Å². The van der Waals surface area contributed by atoms with Gasteiger partial charge in [-0.05, 0) is 48.0 Å². The summed E-state index contributed by atoms with van der Waals surface area (Å²) in [5.74, 6) is -0.564. The Morgan fingerprint density at radius 3 is 2.54 bits per heavy atom. The molecular weight excluding hydrogens is 354 g/mol. The van der Waals surface area contributed by atoms with Gasteiger partial charge in [-0.1, -0.05) is 44.2 Å². The number of hydroxylamine groups is 1. The van der Waals surface area contributed by atoms with Crippen molar-refractivity contribution >= 4 is 11.8 Å². The summed E-state index contributed by atoms with van der Waals surface area (Å²) in [5, 5.41) is 12.5. The van der Waals surface area contributed by atoms with Crippen molar-refractivity contribution < 1.29 is 14.8 Å². The van der Waals surface area contributed by atoms with Crippen LogP contribution in [-0.2, 0) is 9.59 Å². The maximum absolute atomic E-state index is 13.3. The number of rotatable bonds is 3. The van der Waals surface area contributed by atoms with Gasteiger partial charge >= 0.3 is 0 Å². The summed E-state index contributed by atoms with van der Waals surface area (Å²) in [4.78, 5) is 27.5. The van der Waals surface area contributed by atoms with Gasteiger partial charge in [0.15, 0.2) is 0 Å². The first-order valence-corrected chi connectivity index (χ1v) is 10.4. The molecule has 28 heavy (non-hydrogen) atoms. The van der Waals surface area contributed by atoms with Crippen molar-refractivity contribution in [2.45, 2.75) is 51.5 Å². The summed E-state index contributed by atoms with van der Waals surface area (Å²) in [6, 6.07) is 9.96. The van der Waals surface area contributed by atoms with Gasteiger partial charge in [-0.3, -0.25) is 14.8 Å². The van der Waals surface area contributed by atoms with E-state index in [0.29, 0.717) is 25.4 Å². The molecule has 2 saturated heterocycles. The second-order valence-electron chi connectivity index (χ2n) is 9.65. The standard InChI is InChI=1S/C22H31N3O3/c1-21(2)14-25(11-8-17(21)15-6-4-3-5-7-15)20(27)18-16(19(26)24-28)12-22(9-10-22)13-23-18/h3-7,16-18,23,28H,8-14H2,1-2H3,(H,24,26)/t16-,17?,18-/m0/s1. The average molecular weight is 386 g/mol. The van der Waals surface area contributed by atoms with Crippen LogP contribution in [0.25, 0.3) is 0 Å². The van der Waals surface area contributed by atoms with E-state index in [-0.39, 0.29) is 16.7 Å². The fraction of sp³-hybridized carbons (Fsp3) is 0.636. The molecule has 1 unspecified atom stereocenters. The molecule has 2 amide bonds. The van der Waals surface area contributed by atoms with Gasteiger partial charge in [-0.2, -0.15) is 0 Å². The predicted molar refractivity (Wildman–Crippen MR) is 106 cm³/mol. The molecule has 2 heterocycles. The number of benzene rings is 1. The molecule has 3 N–H and O–H groups in total. The number of hydrogen-bond donors (Lipinski definition) is 3. The fourth-order valence-corrected chi connectivity index (χ4v) is 5.31. The van der Waals surface area contributed by atoms with Crippen molar-refractivity contribution in [3.8, 4) is 0 Å². The van der Waals surface area contributed by atoms with Crippen LogP contribution in [0.3, 0.4) is 0 Å². The van der Waals surface area contributed by atoms with E-state index in [4.69, 9.17) is 0 Å². The number of nitrogens with one attached hydrogen (secondary N) is 2. The maximum atomic E-state index is 13.3. The van der Waals surface area contributed by atoms with E-state index in [1.165, 1.54) is 5.56 Å². The number of hydrogen-bond acceptors (Lipinski definition) is 4. The van der Waals surface area contributed by atoms with Gasteiger partial charge in [-0.25, -0.2) is 5.48 Å². The van der Waals surface area contributed by atoms with Crippen molar-refractivity contribution in [3.05, 3.63) is 35.9 Å². The topological polar surface area (TPSA) is 81.7 Å². The quantitative estimate of drug-likeness (QED) is 0.551. The molecule has 6 heteroatoms. The molecule has 1 aliphatic carbocycles. The minimum absolute atomic E-state index is 0.0105. The van der Waals surface area contributed by atoms with Gasteiger partial charge in [0.25, 0.3) is 0 Å².